The molecule has 0 aliphatic carbocycles. The zero-order valence-electron chi connectivity index (χ0n) is 15.7. The van der Waals surface area contributed by atoms with Crippen LogP contribution in [-0.2, 0) is 13.0 Å². The number of halogens is 2. The lowest BCUT2D eigenvalue weighted by atomic mass is 9.96. The van der Waals surface area contributed by atoms with Gasteiger partial charge in [-0.3, -0.25) is 9.36 Å². The van der Waals surface area contributed by atoms with Crippen molar-refractivity contribution in [1.82, 2.24) is 14.9 Å². The van der Waals surface area contributed by atoms with Gasteiger partial charge in [0, 0.05) is 13.0 Å². The molecule has 1 aromatic heterocycles. The van der Waals surface area contributed by atoms with Gasteiger partial charge >= 0.3 is 0 Å². The van der Waals surface area contributed by atoms with Gasteiger partial charge in [0.1, 0.15) is 5.82 Å². The average molecular weight is 388 g/mol. The van der Waals surface area contributed by atoms with E-state index in [1.54, 1.807) is 0 Å². The number of nitrogens with zero attached hydrogens (tertiary/aromatic N) is 2. The zero-order valence-corrected chi connectivity index (χ0v) is 17.3. The van der Waals surface area contributed by atoms with Gasteiger partial charge in [0.2, 0.25) is 0 Å². The molecule has 2 rings (SSSR count). The molecule has 0 saturated carbocycles. The lowest BCUT2D eigenvalue weighted by Gasteiger charge is -2.22. The van der Waals surface area contributed by atoms with Crippen LogP contribution in [0.15, 0.2) is 29.1 Å². The second-order valence-electron chi connectivity index (χ2n) is 7.31. The molecule has 2 aromatic rings. The number of para-hydroxylation sites is 1. The van der Waals surface area contributed by atoms with E-state index in [-0.39, 0.29) is 35.8 Å². The van der Waals surface area contributed by atoms with Gasteiger partial charge in [0.25, 0.3) is 5.56 Å². The summed E-state index contributed by atoms with van der Waals surface area (Å²) >= 11 is 0. The first kappa shape index (κ1) is 23.9. The predicted octanol–water partition coefficient (Wildman–Crippen LogP) is 4.22. The number of nitrogens with one attached hydrogen (secondary N) is 1. The molecule has 0 spiro atoms. The molecule has 0 aliphatic rings. The minimum atomic E-state index is 0. The number of unbranched alkanes of at least 4 members (excludes halogenated alkanes) is 1. The number of aromatic nitrogens is 2. The Morgan fingerprint density at radius 3 is 2.44 bits per heavy atom. The van der Waals surface area contributed by atoms with Crippen molar-refractivity contribution in [3.8, 4) is 0 Å². The van der Waals surface area contributed by atoms with E-state index in [0.717, 1.165) is 43.7 Å². The van der Waals surface area contributed by atoms with Gasteiger partial charge in [-0.05, 0) is 43.5 Å². The molecular weight excluding hydrogens is 357 g/mol. The Kier molecular flexibility index (Phi) is 10.3. The average Bonchev–Trinajstić information content (AvgIpc) is 2.49. The van der Waals surface area contributed by atoms with Crippen molar-refractivity contribution in [2.45, 2.75) is 53.5 Å². The molecule has 0 amide bonds. The molecule has 4 nitrogen and oxygen atoms in total. The highest BCUT2D eigenvalue weighted by molar-refractivity contribution is 5.85. The molecule has 6 heteroatoms. The molecule has 0 radical (unpaired) electrons. The quantitative estimate of drug-likeness (QED) is 0.723. The van der Waals surface area contributed by atoms with E-state index in [9.17, 15) is 4.79 Å². The molecule has 0 fully saturated rings. The number of hydrogen-bond donors (Lipinski definition) is 1. The fourth-order valence-electron chi connectivity index (χ4n) is 2.75. The SMILES string of the molecule is CCNCCCCc1nc2ccccc2c(=O)n1CC(C)(C)C.Cl.Cl. The predicted molar refractivity (Wildman–Crippen MR) is 111 cm³/mol. The smallest absolute Gasteiger partial charge is 0.261 e. The van der Waals surface area contributed by atoms with Gasteiger partial charge in [-0.1, -0.05) is 39.8 Å². The Morgan fingerprint density at radius 2 is 1.80 bits per heavy atom. The Morgan fingerprint density at radius 1 is 1.12 bits per heavy atom. The Bertz CT molecular complexity index is 708. The van der Waals surface area contributed by atoms with Crippen LogP contribution in [0.2, 0.25) is 0 Å². The van der Waals surface area contributed by atoms with E-state index in [4.69, 9.17) is 4.98 Å². The molecule has 0 aliphatic heterocycles. The number of benzene rings is 1. The van der Waals surface area contributed by atoms with E-state index in [1.165, 1.54) is 0 Å². The molecule has 0 saturated heterocycles. The summed E-state index contributed by atoms with van der Waals surface area (Å²) in [5.41, 5.74) is 0.948. The van der Waals surface area contributed by atoms with Crippen molar-refractivity contribution in [1.29, 1.82) is 0 Å². The van der Waals surface area contributed by atoms with Gasteiger partial charge in [0.15, 0.2) is 0 Å². The summed E-state index contributed by atoms with van der Waals surface area (Å²) in [6.07, 6.45) is 3.00. The van der Waals surface area contributed by atoms with Crippen molar-refractivity contribution in [2.75, 3.05) is 13.1 Å². The lowest BCUT2D eigenvalue weighted by molar-refractivity contribution is 0.330. The van der Waals surface area contributed by atoms with Crippen LogP contribution in [0.25, 0.3) is 10.9 Å². The highest BCUT2D eigenvalue weighted by atomic mass is 35.5. The second-order valence-corrected chi connectivity index (χ2v) is 7.31. The number of hydrogen-bond acceptors (Lipinski definition) is 3. The van der Waals surface area contributed by atoms with Crippen LogP contribution in [0.3, 0.4) is 0 Å². The van der Waals surface area contributed by atoms with Crippen LogP contribution < -0.4 is 10.9 Å². The Balaban J connectivity index is 0.00000288. The van der Waals surface area contributed by atoms with Crippen LogP contribution in [0, 0.1) is 5.41 Å². The molecule has 1 N–H and O–H groups in total. The molecule has 1 heterocycles. The van der Waals surface area contributed by atoms with Gasteiger partial charge in [-0.25, -0.2) is 4.98 Å². The van der Waals surface area contributed by atoms with Gasteiger partial charge in [0.05, 0.1) is 10.9 Å². The van der Waals surface area contributed by atoms with Crippen molar-refractivity contribution in [3.63, 3.8) is 0 Å². The highest BCUT2D eigenvalue weighted by Crippen LogP contribution is 2.18. The van der Waals surface area contributed by atoms with E-state index >= 15 is 0 Å². The number of fused-ring (bicyclic) bond motifs is 1. The van der Waals surface area contributed by atoms with Crippen molar-refractivity contribution < 1.29 is 0 Å². The summed E-state index contributed by atoms with van der Waals surface area (Å²) in [7, 11) is 0. The standard InChI is InChI=1S/C19H29N3O.2ClH/c1-5-20-13-9-8-12-17-21-16-11-7-6-10-15(16)18(23)22(17)14-19(2,3)4;;/h6-7,10-11,20H,5,8-9,12-14H2,1-4H3;2*1H. The summed E-state index contributed by atoms with van der Waals surface area (Å²) in [5, 5.41) is 4.06. The topological polar surface area (TPSA) is 46.9 Å². The minimum absolute atomic E-state index is 0. The van der Waals surface area contributed by atoms with E-state index < -0.39 is 0 Å². The highest BCUT2D eigenvalue weighted by Gasteiger charge is 2.17. The first-order valence-electron chi connectivity index (χ1n) is 8.61. The maximum Gasteiger partial charge on any atom is 0.261 e. The molecule has 0 unspecified atom stereocenters. The summed E-state index contributed by atoms with van der Waals surface area (Å²) in [5.74, 6) is 0.917. The van der Waals surface area contributed by atoms with Crippen molar-refractivity contribution in [2.24, 2.45) is 5.41 Å². The molecular formula is C19H31Cl2N3O. The van der Waals surface area contributed by atoms with Crippen LogP contribution in [0.1, 0.15) is 46.4 Å². The maximum absolute atomic E-state index is 12.9. The molecule has 25 heavy (non-hydrogen) atoms. The summed E-state index contributed by atoms with van der Waals surface area (Å²) in [6.45, 7) is 11.3. The normalized spacial score (nSPS) is 11.0. The Labute approximate surface area is 163 Å². The number of rotatable bonds is 7. The first-order valence-corrected chi connectivity index (χ1v) is 8.61. The third kappa shape index (κ3) is 6.96. The monoisotopic (exact) mass is 387 g/mol. The maximum atomic E-state index is 12.9. The van der Waals surface area contributed by atoms with Crippen molar-refractivity contribution >= 4 is 35.7 Å². The molecule has 0 bridgehead atoms. The second kappa shape index (κ2) is 10.8. The third-order valence-electron chi connectivity index (χ3n) is 3.83. The number of aryl methyl sites for hydroxylation is 1. The van der Waals surface area contributed by atoms with E-state index in [2.05, 4.69) is 33.0 Å². The first-order chi connectivity index (χ1) is 10.9. The van der Waals surface area contributed by atoms with Crippen LogP contribution in [0.4, 0.5) is 0 Å². The van der Waals surface area contributed by atoms with E-state index in [0.29, 0.717) is 11.9 Å². The largest absolute Gasteiger partial charge is 0.317 e. The lowest BCUT2D eigenvalue weighted by Crippen LogP contribution is -2.30. The summed E-state index contributed by atoms with van der Waals surface area (Å²) in [4.78, 5) is 17.7. The molecule has 1 aromatic carbocycles. The Hall–Kier alpha value is -1.10. The fourth-order valence-corrected chi connectivity index (χ4v) is 2.75. The van der Waals surface area contributed by atoms with Gasteiger partial charge < -0.3 is 5.32 Å². The fraction of sp³-hybridized carbons (Fsp3) is 0.579. The molecule has 0 atom stereocenters. The van der Waals surface area contributed by atoms with Crippen LogP contribution in [-0.4, -0.2) is 22.6 Å². The van der Waals surface area contributed by atoms with Gasteiger partial charge in [-0.15, -0.1) is 24.8 Å². The van der Waals surface area contributed by atoms with Crippen LogP contribution >= 0.6 is 24.8 Å². The zero-order chi connectivity index (χ0) is 16.9. The summed E-state index contributed by atoms with van der Waals surface area (Å²) in [6, 6.07) is 7.65. The third-order valence-corrected chi connectivity index (χ3v) is 3.83. The minimum Gasteiger partial charge on any atom is -0.317 e. The van der Waals surface area contributed by atoms with Crippen LogP contribution in [0.5, 0.6) is 0 Å². The molecule has 142 valence electrons. The van der Waals surface area contributed by atoms with E-state index in [1.807, 2.05) is 28.8 Å². The van der Waals surface area contributed by atoms with Gasteiger partial charge in [-0.2, -0.15) is 0 Å². The summed E-state index contributed by atoms with van der Waals surface area (Å²) < 4.78 is 1.88. The van der Waals surface area contributed by atoms with Crippen molar-refractivity contribution in [3.05, 3.63) is 40.4 Å².